The Labute approximate surface area is 159 Å². The lowest BCUT2D eigenvalue weighted by Gasteiger charge is -2.04. The fourth-order valence-corrected chi connectivity index (χ4v) is 3.27. The monoisotopic (exact) mass is 386 g/mol. The minimum Gasteiger partial charge on any atom is -0.462 e. The quantitative estimate of drug-likeness (QED) is 0.513. The Balaban J connectivity index is 1.85. The molecule has 1 N–H and O–H groups in total. The van der Waals surface area contributed by atoms with Gasteiger partial charge in [-0.25, -0.2) is 14.6 Å². The summed E-state index contributed by atoms with van der Waals surface area (Å²) in [6.45, 7) is 4.02. The van der Waals surface area contributed by atoms with E-state index in [2.05, 4.69) is 17.2 Å². The number of nitrogens with one attached hydrogen (secondary N) is 1. The summed E-state index contributed by atoms with van der Waals surface area (Å²) >= 11 is 0.972. The second-order valence-electron chi connectivity index (χ2n) is 5.77. The summed E-state index contributed by atoms with van der Waals surface area (Å²) in [4.78, 5) is 40.5. The van der Waals surface area contributed by atoms with Crippen LogP contribution in [0.4, 0.5) is 5.13 Å². The zero-order valence-corrected chi connectivity index (χ0v) is 15.7. The average Bonchev–Trinajstić information content (AvgIpc) is 3.10. The number of esters is 1. The van der Waals surface area contributed by atoms with Crippen molar-refractivity contribution >= 4 is 39.3 Å². The third kappa shape index (κ3) is 4.22. The highest BCUT2D eigenvalue weighted by molar-refractivity contribution is 7.17. The van der Waals surface area contributed by atoms with Crippen molar-refractivity contribution in [3.63, 3.8) is 0 Å². The van der Waals surface area contributed by atoms with Crippen molar-refractivity contribution in [1.29, 1.82) is 0 Å². The van der Waals surface area contributed by atoms with Crippen LogP contribution in [0, 0.1) is 0 Å². The largest absolute Gasteiger partial charge is 0.462 e. The maximum Gasteiger partial charge on any atom is 0.350 e. The molecule has 2 aromatic heterocycles. The van der Waals surface area contributed by atoms with E-state index in [1.807, 2.05) is 12.1 Å². The second kappa shape index (κ2) is 8.13. The number of aryl methyl sites for hydroxylation is 1. The zero-order valence-electron chi connectivity index (χ0n) is 14.9. The van der Waals surface area contributed by atoms with Gasteiger partial charge in [0.05, 0.1) is 12.8 Å². The summed E-state index contributed by atoms with van der Waals surface area (Å²) in [5.74, 6) is -1.15. The van der Waals surface area contributed by atoms with E-state index in [0.717, 1.165) is 29.7 Å². The van der Waals surface area contributed by atoms with E-state index in [-0.39, 0.29) is 22.2 Å². The molecule has 0 saturated heterocycles. The number of anilines is 1. The van der Waals surface area contributed by atoms with Crippen molar-refractivity contribution in [2.45, 2.75) is 26.7 Å². The Morgan fingerprint density at radius 1 is 1.26 bits per heavy atom. The van der Waals surface area contributed by atoms with Crippen molar-refractivity contribution in [2.24, 2.45) is 0 Å². The SMILES string of the molecule is CCCc1ccc2oc(=O)c(C(=O)Nc3ncc(C(=O)OCC)s3)cc2c1. The van der Waals surface area contributed by atoms with Gasteiger partial charge in [0.2, 0.25) is 0 Å². The molecule has 8 heteroatoms. The minimum atomic E-state index is -0.731. The molecule has 0 aliphatic carbocycles. The molecule has 27 heavy (non-hydrogen) atoms. The lowest BCUT2D eigenvalue weighted by molar-refractivity contribution is 0.0531. The molecule has 3 aromatic rings. The van der Waals surface area contributed by atoms with E-state index >= 15 is 0 Å². The summed E-state index contributed by atoms with van der Waals surface area (Å²) in [6, 6.07) is 7.05. The standard InChI is InChI=1S/C19H18N2O5S/c1-3-5-11-6-7-14-12(8-11)9-13(17(23)26-14)16(22)21-19-20-10-15(27-19)18(24)25-4-2/h6-10H,3-5H2,1-2H3,(H,20,21,22). The molecule has 1 aromatic carbocycles. The van der Waals surface area contributed by atoms with Gasteiger partial charge in [0.15, 0.2) is 5.13 Å². The fraction of sp³-hybridized carbons (Fsp3) is 0.263. The van der Waals surface area contributed by atoms with Crippen molar-refractivity contribution in [3.05, 3.63) is 56.9 Å². The van der Waals surface area contributed by atoms with Gasteiger partial charge in [0, 0.05) is 5.39 Å². The lowest BCUT2D eigenvalue weighted by Crippen LogP contribution is -2.20. The molecule has 3 rings (SSSR count). The summed E-state index contributed by atoms with van der Waals surface area (Å²) in [7, 11) is 0. The summed E-state index contributed by atoms with van der Waals surface area (Å²) in [5.41, 5.74) is 0.675. The van der Waals surface area contributed by atoms with Crippen LogP contribution in [0.15, 0.2) is 39.7 Å². The van der Waals surface area contributed by atoms with Crippen LogP contribution in [0.1, 0.15) is 45.9 Å². The van der Waals surface area contributed by atoms with Gasteiger partial charge in [-0.05, 0) is 37.1 Å². The molecule has 140 valence electrons. The first-order valence-electron chi connectivity index (χ1n) is 8.53. The van der Waals surface area contributed by atoms with Gasteiger partial charge in [-0.3, -0.25) is 10.1 Å². The maximum atomic E-state index is 12.5. The van der Waals surface area contributed by atoms with E-state index in [9.17, 15) is 14.4 Å². The van der Waals surface area contributed by atoms with E-state index in [0.29, 0.717) is 11.0 Å². The molecule has 7 nitrogen and oxygen atoms in total. The average molecular weight is 386 g/mol. The summed E-state index contributed by atoms with van der Waals surface area (Å²) < 4.78 is 10.1. The van der Waals surface area contributed by atoms with Gasteiger partial charge in [0.25, 0.3) is 5.91 Å². The first-order chi connectivity index (χ1) is 13.0. The molecular weight excluding hydrogens is 368 g/mol. The number of hydrogen-bond donors (Lipinski definition) is 1. The van der Waals surface area contributed by atoms with Crippen LogP contribution in [0.5, 0.6) is 0 Å². The van der Waals surface area contributed by atoms with Gasteiger partial charge >= 0.3 is 11.6 Å². The van der Waals surface area contributed by atoms with E-state index in [1.165, 1.54) is 12.3 Å². The Morgan fingerprint density at radius 3 is 2.81 bits per heavy atom. The minimum absolute atomic E-state index is 0.121. The summed E-state index contributed by atoms with van der Waals surface area (Å²) in [6.07, 6.45) is 3.20. The van der Waals surface area contributed by atoms with Gasteiger partial charge < -0.3 is 9.15 Å². The highest BCUT2D eigenvalue weighted by Gasteiger charge is 2.17. The van der Waals surface area contributed by atoms with Gasteiger partial charge in [-0.2, -0.15) is 0 Å². The van der Waals surface area contributed by atoms with Crippen LogP contribution < -0.4 is 10.9 Å². The van der Waals surface area contributed by atoms with E-state index < -0.39 is 17.5 Å². The predicted octanol–water partition coefficient (Wildman–Crippen LogP) is 3.63. The molecule has 0 bridgehead atoms. The number of aromatic nitrogens is 1. The number of carbonyl (C=O) groups is 2. The number of amides is 1. The number of carbonyl (C=O) groups excluding carboxylic acids is 2. The van der Waals surface area contributed by atoms with Gasteiger partial charge in [-0.15, -0.1) is 0 Å². The van der Waals surface area contributed by atoms with Crippen molar-refractivity contribution in [3.8, 4) is 0 Å². The van der Waals surface area contributed by atoms with E-state index in [4.69, 9.17) is 9.15 Å². The summed E-state index contributed by atoms with van der Waals surface area (Å²) in [5, 5.41) is 3.40. The molecular formula is C19H18N2O5S. The normalized spacial score (nSPS) is 10.7. The number of rotatable bonds is 6. The Morgan fingerprint density at radius 2 is 2.07 bits per heavy atom. The number of nitrogens with zero attached hydrogens (tertiary/aromatic N) is 1. The van der Waals surface area contributed by atoms with Crippen molar-refractivity contribution in [1.82, 2.24) is 4.98 Å². The van der Waals surface area contributed by atoms with Crippen molar-refractivity contribution < 1.29 is 18.7 Å². The second-order valence-corrected chi connectivity index (χ2v) is 6.80. The van der Waals surface area contributed by atoms with Crippen LogP contribution in [-0.2, 0) is 11.2 Å². The lowest BCUT2D eigenvalue weighted by atomic mass is 10.1. The highest BCUT2D eigenvalue weighted by Crippen LogP contribution is 2.21. The number of fused-ring (bicyclic) bond motifs is 1. The molecule has 0 fully saturated rings. The first-order valence-corrected chi connectivity index (χ1v) is 9.34. The Bertz CT molecular complexity index is 1050. The van der Waals surface area contributed by atoms with Gasteiger partial charge in [0.1, 0.15) is 16.0 Å². The van der Waals surface area contributed by atoms with E-state index in [1.54, 1.807) is 13.0 Å². The Hall–Kier alpha value is -3.00. The smallest absolute Gasteiger partial charge is 0.350 e. The molecule has 1 amide bonds. The fourth-order valence-electron chi connectivity index (χ4n) is 2.57. The predicted molar refractivity (Wildman–Crippen MR) is 103 cm³/mol. The number of ether oxygens (including phenoxy) is 1. The zero-order chi connectivity index (χ0) is 19.4. The molecule has 2 heterocycles. The molecule has 0 aliphatic heterocycles. The number of hydrogen-bond acceptors (Lipinski definition) is 7. The molecule has 0 spiro atoms. The van der Waals surface area contributed by atoms with Crippen LogP contribution >= 0.6 is 11.3 Å². The van der Waals surface area contributed by atoms with Crippen LogP contribution in [0.3, 0.4) is 0 Å². The molecule has 0 aliphatic rings. The third-order valence-electron chi connectivity index (χ3n) is 3.78. The maximum absolute atomic E-state index is 12.5. The van der Waals surface area contributed by atoms with Gasteiger partial charge in [-0.1, -0.05) is 30.7 Å². The third-order valence-corrected chi connectivity index (χ3v) is 4.68. The number of thiazole rings is 1. The molecule has 0 saturated carbocycles. The molecule has 0 atom stereocenters. The van der Waals surface area contributed by atoms with Crippen LogP contribution in [0.2, 0.25) is 0 Å². The Kier molecular flexibility index (Phi) is 5.66. The first kappa shape index (κ1) is 18.8. The molecule has 0 radical (unpaired) electrons. The van der Waals surface area contributed by atoms with Crippen LogP contribution in [-0.4, -0.2) is 23.5 Å². The number of benzene rings is 1. The van der Waals surface area contributed by atoms with Crippen LogP contribution in [0.25, 0.3) is 11.0 Å². The molecule has 0 unspecified atom stereocenters. The highest BCUT2D eigenvalue weighted by atomic mass is 32.1. The topological polar surface area (TPSA) is 98.5 Å². The van der Waals surface area contributed by atoms with Crippen molar-refractivity contribution in [2.75, 3.05) is 11.9 Å².